The van der Waals surface area contributed by atoms with E-state index in [1.807, 2.05) is 13.0 Å². The van der Waals surface area contributed by atoms with E-state index in [0.29, 0.717) is 38.8 Å². The molecular formula is C23H23ClN6O3. The maximum Gasteiger partial charge on any atom is 0.260 e. The fourth-order valence-electron chi connectivity index (χ4n) is 3.54. The third-order valence-corrected chi connectivity index (χ3v) is 5.57. The summed E-state index contributed by atoms with van der Waals surface area (Å²) in [5.74, 6) is 0.368. The largest absolute Gasteiger partial charge is 0.394 e. The molecule has 0 fully saturated rings. The fourth-order valence-corrected chi connectivity index (χ4v) is 3.83. The number of pyridine rings is 1. The van der Waals surface area contributed by atoms with E-state index >= 15 is 0 Å². The highest BCUT2D eigenvalue weighted by atomic mass is 35.5. The summed E-state index contributed by atoms with van der Waals surface area (Å²) in [6.45, 7) is 1.64. The molecule has 0 spiro atoms. The van der Waals surface area contributed by atoms with Gasteiger partial charge in [-0.05, 0) is 25.5 Å². The van der Waals surface area contributed by atoms with Gasteiger partial charge < -0.3 is 15.5 Å². The van der Waals surface area contributed by atoms with Crippen molar-refractivity contribution < 1.29 is 10.2 Å². The van der Waals surface area contributed by atoms with Crippen molar-refractivity contribution in [1.82, 2.24) is 24.5 Å². The lowest BCUT2D eigenvalue weighted by molar-refractivity contribution is 0.0847. The molecule has 4 aromatic rings. The van der Waals surface area contributed by atoms with Gasteiger partial charge in [0.1, 0.15) is 5.65 Å². The van der Waals surface area contributed by atoms with Crippen molar-refractivity contribution >= 4 is 28.6 Å². The predicted octanol–water partition coefficient (Wildman–Crippen LogP) is 2.66. The lowest BCUT2D eigenvalue weighted by Crippen LogP contribution is -2.26. The Labute approximate surface area is 194 Å². The standard InChI is InChI=1S/C23H23ClN6O3/c1-13-9-26-11-20(28-13)14-3-4-17(19(24)8-14)18-7-15-10-27-23(25-2)29-21(15)30(22(18)33)6-5-16(32)12-31/h3-4,7-11,16,31-32H,5-6,12H2,1-2H3,(H,25,27,29). The summed E-state index contributed by atoms with van der Waals surface area (Å²) in [4.78, 5) is 30.8. The lowest BCUT2D eigenvalue weighted by atomic mass is 10.0. The second-order valence-electron chi connectivity index (χ2n) is 7.60. The molecule has 9 nitrogen and oxygen atoms in total. The first-order valence-electron chi connectivity index (χ1n) is 10.4. The van der Waals surface area contributed by atoms with Gasteiger partial charge in [0.2, 0.25) is 5.95 Å². The van der Waals surface area contributed by atoms with Gasteiger partial charge in [-0.3, -0.25) is 14.3 Å². The zero-order valence-electron chi connectivity index (χ0n) is 18.2. The Kier molecular flexibility index (Phi) is 6.64. The molecule has 1 aromatic carbocycles. The number of hydrogen-bond donors (Lipinski definition) is 3. The smallest absolute Gasteiger partial charge is 0.260 e. The molecule has 1 atom stereocenters. The Morgan fingerprint density at radius 3 is 2.67 bits per heavy atom. The van der Waals surface area contributed by atoms with E-state index in [0.717, 1.165) is 11.3 Å². The third-order valence-electron chi connectivity index (χ3n) is 5.26. The highest BCUT2D eigenvalue weighted by Gasteiger charge is 2.17. The van der Waals surface area contributed by atoms with Gasteiger partial charge in [-0.25, -0.2) is 9.97 Å². The minimum absolute atomic E-state index is 0.166. The molecule has 4 rings (SSSR count). The second-order valence-corrected chi connectivity index (χ2v) is 8.01. The van der Waals surface area contributed by atoms with Gasteiger partial charge in [-0.1, -0.05) is 23.7 Å². The van der Waals surface area contributed by atoms with Gasteiger partial charge in [-0.15, -0.1) is 0 Å². The van der Waals surface area contributed by atoms with E-state index in [1.54, 1.807) is 43.8 Å². The molecule has 170 valence electrons. The number of nitrogens with one attached hydrogen (secondary N) is 1. The van der Waals surface area contributed by atoms with Crippen LogP contribution in [0, 0.1) is 6.92 Å². The molecule has 3 N–H and O–H groups in total. The number of halogens is 1. The van der Waals surface area contributed by atoms with Crippen molar-refractivity contribution in [2.24, 2.45) is 0 Å². The number of aliphatic hydroxyl groups excluding tert-OH is 2. The van der Waals surface area contributed by atoms with E-state index in [9.17, 15) is 15.0 Å². The van der Waals surface area contributed by atoms with Crippen LogP contribution in [0.5, 0.6) is 0 Å². The molecule has 0 amide bonds. The summed E-state index contributed by atoms with van der Waals surface area (Å²) in [7, 11) is 1.69. The molecule has 3 heterocycles. The molecule has 3 aromatic heterocycles. The van der Waals surface area contributed by atoms with Crippen molar-refractivity contribution in [3.05, 3.63) is 63.9 Å². The summed E-state index contributed by atoms with van der Waals surface area (Å²) in [5.41, 5.74) is 3.32. The third kappa shape index (κ3) is 4.70. The Morgan fingerprint density at radius 1 is 1.15 bits per heavy atom. The Bertz CT molecular complexity index is 1370. The Balaban J connectivity index is 1.85. The summed E-state index contributed by atoms with van der Waals surface area (Å²) in [5, 5.41) is 22.9. The van der Waals surface area contributed by atoms with Crippen molar-refractivity contribution in [3.8, 4) is 22.4 Å². The van der Waals surface area contributed by atoms with Crippen LogP contribution in [0.15, 0.2) is 47.7 Å². The first kappa shape index (κ1) is 22.8. The van der Waals surface area contributed by atoms with Crippen LogP contribution in [0.4, 0.5) is 5.95 Å². The van der Waals surface area contributed by atoms with Crippen molar-refractivity contribution in [3.63, 3.8) is 0 Å². The molecule has 0 saturated carbocycles. The lowest BCUT2D eigenvalue weighted by Gasteiger charge is -2.15. The number of fused-ring (bicyclic) bond motifs is 1. The Hall–Kier alpha value is -3.40. The average Bonchev–Trinajstić information content (AvgIpc) is 2.82. The SMILES string of the molecule is CNc1ncc2cc(-c3ccc(-c4cncc(C)n4)cc3Cl)c(=O)n(CCC(O)CO)c2n1. The summed E-state index contributed by atoms with van der Waals surface area (Å²) < 4.78 is 1.47. The number of aromatic nitrogens is 5. The predicted molar refractivity (Wildman–Crippen MR) is 127 cm³/mol. The number of hydrogen-bond acceptors (Lipinski definition) is 8. The number of anilines is 1. The van der Waals surface area contributed by atoms with Crippen LogP contribution < -0.4 is 10.9 Å². The van der Waals surface area contributed by atoms with Crippen molar-refractivity contribution in [2.75, 3.05) is 19.0 Å². The molecule has 1 unspecified atom stereocenters. The average molecular weight is 467 g/mol. The minimum atomic E-state index is -0.945. The molecular weight excluding hydrogens is 444 g/mol. The number of rotatable bonds is 7. The monoisotopic (exact) mass is 466 g/mol. The fraction of sp³-hybridized carbons (Fsp3) is 0.261. The van der Waals surface area contributed by atoms with Crippen LogP contribution in [0.1, 0.15) is 12.1 Å². The van der Waals surface area contributed by atoms with E-state index < -0.39 is 12.7 Å². The first-order chi connectivity index (χ1) is 15.9. The van der Waals surface area contributed by atoms with Crippen LogP contribution in [-0.2, 0) is 6.54 Å². The molecule has 0 saturated heterocycles. The number of aryl methyl sites for hydroxylation is 2. The quantitative estimate of drug-likeness (QED) is 0.379. The van der Waals surface area contributed by atoms with Crippen molar-refractivity contribution in [2.45, 2.75) is 26.0 Å². The highest BCUT2D eigenvalue weighted by Crippen LogP contribution is 2.31. The van der Waals surface area contributed by atoms with Gasteiger partial charge in [0.25, 0.3) is 5.56 Å². The van der Waals surface area contributed by atoms with Gasteiger partial charge in [0, 0.05) is 53.1 Å². The molecule has 0 bridgehead atoms. The summed E-state index contributed by atoms with van der Waals surface area (Å²) in [6.07, 6.45) is 4.20. The normalized spacial score (nSPS) is 12.2. The van der Waals surface area contributed by atoms with Gasteiger partial charge in [0.15, 0.2) is 0 Å². The highest BCUT2D eigenvalue weighted by molar-refractivity contribution is 6.33. The molecule has 10 heteroatoms. The number of aliphatic hydroxyl groups is 2. The topological polar surface area (TPSA) is 126 Å². The maximum atomic E-state index is 13.5. The molecule has 0 aliphatic rings. The second kappa shape index (κ2) is 9.62. The number of nitrogens with zero attached hydrogens (tertiary/aromatic N) is 5. The van der Waals surface area contributed by atoms with Gasteiger partial charge in [-0.2, -0.15) is 4.98 Å². The zero-order valence-corrected chi connectivity index (χ0v) is 18.9. The minimum Gasteiger partial charge on any atom is -0.394 e. The number of benzene rings is 1. The molecule has 33 heavy (non-hydrogen) atoms. The first-order valence-corrected chi connectivity index (χ1v) is 10.7. The van der Waals surface area contributed by atoms with Crippen LogP contribution >= 0.6 is 11.6 Å². The Morgan fingerprint density at radius 2 is 1.97 bits per heavy atom. The molecule has 0 aliphatic carbocycles. The molecule has 0 radical (unpaired) electrons. The summed E-state index contributed by atoms with van der Waals surface area (Å²) >= 11 is 6.62. The van der Waals surface area contributed by atoms with Gasteiger partial charge >= 0.3 is 0 Å². The van der Waals surface area contributed by atoms with E-state index in [-0.39, 0.29) is 18.5 Å². The zero-order chi connectivity index (χ0) is 23.5. The van der Waals surface area contributed by atoms with Crippen LogP contribution in [0.25, 0.3) is 33.4 Å². The van der Waals surface area contributed by atoms with Crippen LogP contribution in [-0.4, -0.2) is 54.5 Å². The summed E-state index contributed by atoms with van der Waals surface area (Å²) in [6, 6.07) is 7.09. The molecule has 0 aliphatic heterocycles. The van der Waals surface area contributed by atoms with E-state index in [4.69, 9.17) is 11.6 Å². The van der Waals surface area contributed by atoms with Gasteiger partial charge in [0.05, 0.1) is 30.3 Å². The van der Waals surface area contributed by atoms with Crippen LogP contribution in [0.3, 0.4) is 0 Å². The van der Waals surface area contributed by atoms with Crippen LogP contribution in [0.2, 0.25) is 5.02 Å². The van der Waals surface area contributed by atoms with Crippen molar-refractivity contribution in [1.29, 1.82) is 0 Å². The van der Waals surface area contributed by atoms with E-state index in [2.05, 4.69) is 25.3 Å². The maximum absolute atomic E-state index is 13.5. The van der Waals surface area contributed by atoms with E-state index in [1.165, 1.54) is 4.57 Å².